The maximum Gasteiger partial charge on any atom is 0.319 e. The lowest BCUT2D eigenvalue weighted by Gasteiger charge is -2.08. The molecule has 0 aliphatic carbocycles. The predicted octanol–water partition coefficient (Wildman–Crippen LogP) is 2.92. The third kappa shape index (κ3) is 3.62. The summed E-state index contributed by atoms with van der Waals surface area (Å²) in [5.41, 5.74) is 5.13. The van der Waals surface area contributed by atoms with E-state index in [0.29, 0.717) is 6.54 Å². The highest BCUT2D eigenvalue weighted by Crippen LogP contribution is 2.12. The summed E-state index contributed by atoms with van der Waals surface area (Å²) >= 11 is 0. The van der Waals surface area contributed by atoms with Gasteiger partial charge in [0.1, 0.15) is 0 Å². The molecule has 2 aromatic rings. The van der Waals surface area contributed by atoms with Crippen molar-refractivity contribution in [3.05, 3.63) is 46.8 Å². The summed E-state index contributed by atoms with van der Waals surface area (Å²) in [6.07, 6.45) is 0.992. The highest BCUT2D eigenvalue weighted by Gasteiger charge is 2.10. The Morgan fingerprint density at radius 2 is 1.90 bits per heavy atom. The zero-order chi connectivity index (χ0) is 15.4. The first-order chi connectivity index (χ1) is 10.0. The fraction of sp³-hybridized carbons (Fsp3) is 0.375. The Morgan fingerprint density at radius 3 is 2.43 bits per heavy atom. The normalized spacial score (nSPS) is 10.5. The van der Waals surface area contributed by atoms with Crippen LogP contribution in [0.15, 0.2) is 24.3 Å². The molecule has 0 unspecified atom stereocenters. The molecule has 0 radical (unpaired) electrons. The molecule has 21 heavy (non-hydrogen) atoms. The fourth-order valence-corrected chi connectivity index (χ4v) is 2.24. The van der Waals surface area contributed by atoms with Crippen molar-refractivity contribution in [2.24, 2.45) is 7.05 Å². The van der Waals surface area contributed by atoms with Gasteiger partial charge in [0.05, 0.1) is 5.69 Å². The number of nitrogens with zero attached hydrogens (tertiary/aromatic N) is 2. The Morgan fingerprint density at radius 1 is 1.24 bits per heavy atom. The molecule has 5 nitrogen and oxygen atoms in total. The zero-order valence-electron chi connectivity index (χ0n) is 13.0. The Labute approximate surface area is 125 Å². The van der Waals surface area contributed by atoms with E-state index in [-0.39, 0.29) is 6.03 Å². The van der Waals surface area contributed by atoms with E-state index in [9.17, 15) is 4.79 Å². The van der Waals surface area contributed by atoms with Crippen LogP contribution in [-0.2, 0) is 20.0 Å². The number of anilines is 1. The van der Waals surface area contributed by atoms with Crippen molar-refractivity contribution in [1.82, 2.24) is 15.1 Å². The third-order valence-electron chi connectivity index (χ3n) is 3.70. The molecule has 0 atom stereocenters. The van der Waals surface area contributed by atoms with Crippen LogP contribution in [0.3, 0.4) is 0 Å². The van der Waals surface area contributed by atoms with E-state index in [0.717, 1.165) is 29.1 Å². The van der Waals surface area contributed by atoms with Gasteiger partial charge in [-0.1, -0.05) is 19.1 Å². The molecule has 1 aromatic heterocycles. The van der Waals surface area contributed by atoms with Gasteiger partial charge in [0.2, 0.25) is 0 Å². The molecule has 1 aromatic carbocycles. The molecule has 112 valence electrons. The van der Waals surface area contributed by atoms with E-state index in [1.54, 1.807) is 0 Å². The first-order valence-corrected chi connectivity index (χ1v) is 7.14. The highest BCUT2D eigenvalue weighted by atomic mass is 16.2. The minimum atomic E-state index is -0.207. The van der Waals surface area contributed by atoms with Crippen LogP contribution in [0.1, 0.15) is 29.4 Å². The molecule has 2 N–H and O–H groups in total. The second-order valence-electron chi connectivity index (χ2n) is 5.13. The van der Waals surface area contributed by atoms with Crippen LogP contribution in [0.25, 0.3) is 0 Å². The van der Waals surface area contributed by atoms with Gasteiger partial charge < -0.3 is 10.6 Å². The van der Waals surface area contributed by atoms with Crippen LogP contribution in [0, 0.1) is 13.8 Å². The van der Waals surface area contributed by atoms with E-state index in [2.05, 4.69) is 22.7 Å². The number of rotatable bonds is 4. The molecule has 5 heteroatoms. The first-order valence-electron chi connectivity index (χ1n) is 7.14. The van der Waals surface area contributed by atoms with Gasteiger partial charge >= 0.3 is 6.03 Å². The Balaban J connectivity index is 1.92. The zero-order valence-corrected chi connectivity index (χ0v) is 13.0. The summed E-state index contributed by atoms with van der Waals surface area (Å²) in [4.78, 5) is 11.9. The third-order valence-corrected chi connectivity index (χ3v) is 3.70. The molecule has 0 fully saturated rings. The number of hydrogen-bond donors (Lipinski definition) is 2. The van der Waals surface area contributed by atoms with E-state index in [1.165, 1.54) is 5.56 Å². The number of benzene rings is 1. The lowest BCUT2D eigenvalue weighted by Crippen LogP contribution is -2.28. The first kappa shape index (κ1) is 15.1. The molecule has 0 aliphatic rings. The SMILES string of the molecule is CCc1ccc(NC(=O)NCc2c(C)nn(C)c2C)cc1. The Hall–Kier alpha value is -2.30. The minimum absolute atomic E-state index is 0.207. The van der Waals surface area contributed by atoms with E-state index in [1.807, 2.05) is 49.8 Å². The Bertz CT molecular complexity index is 628. The van der Waals surface area contributed by atoms with Crippen LogP contribution in [0.2, 0.25) is 0 Å². The van der Waals surface area contributed by atoms with Crippen molar-refractivity contribution in [1.29, 1.82) is 0 Å². The van der Waals surface area contributed by atoms with Gasteiger partial charge in [-0.2, -0.15) is 5.10 Å². The number of nitrogens with one attached hydrogen (secondary N) is 2. The summed E-state index contributed by atoms with van der Waals surface area (Å²) in [7, 11) is 1.90. The molecule has 0 saturated heterocycles. The second kappa shape index (κ2) is 6.43. The van der Waals surface area contributed by atoms with Crippen molar-refractivity contribution >= 4 is 11.7 Å². The van der Waals surface area contributed by atoms with Gasteiger partial charge in [0.25, 0.3) is 0 Å². The summed E-state index contributed by atoms with van der Waals surface area (Å²) in [6.45, 7) is 6.53. The van der Waals surface area contributed by atoms with E-state index < -0.39 is 0 Å². The number of hydrogen-bond acceptors (Lipinski definition) is 2. The molecule has 0 aliphatic heterocycles. The van der Waals surface area contributed by atoms with Crippen LogP contribution in [-0.4, -0.2) is 15.8 Å². The molecule has 0 spiro atoms. The van der Waals surface area contributed by atoms with Crippen LogP contribution in [0.4, 0.5) is 10.5 Å². The molecule has 1 heterocycles. The summed E-state index contributed by atoms with van der Waals surface area (Å²) in [5, 5.41) is 10.0. The molecule has 0 saturated carbocycles. The summed E-state index contributed by atoms with van der Waals surface area (Å²) < 4.78 is 1.83. The van der Waals surface area contributed by atoms with Gasteiger partial charge in [0, 0.05) is 30.5 Å². The predicted molar refractivity (Wildman–Crippen MR) is 84.4 cm³/mol. The van der Waals surface area contributed by atoms with Crippen molar-refractivity contribution in [2.75, 3.05) is 5.32 Å². The lowest BCUT2D eigenvalue weighted by molar-refractivity contribution is 0.251. The minimum Gasteiger partial charge on any atom is -0.334 e. The van der Waals surface area contributed by atoms with Gasteiger partial charge in [0.15, 0.2) is 0 Å². The lowest BCUT2D eigenvalue weighted by atomic mass is 10.1. The van der Waals surface area contributed by atoms with Gasteiger partial charge in [-0.05, 0) is 38.0 Å². The van der Waals surface area contributed by atoms with Gasteiger partial charge in [-0.25, -0.2) is 4.79 Å². The van der Waals surface area contributed by atoms with Crippen molar-refractivity contribution in [2.45, 2.75) is 33.7 Å². The second-order valence-corrected chi connectivity index (χ2v) is 5.13. The van der Waals surface area contributed by atoms with Crippen LogP contribution >= 0.6 is 0 Å². The number of carbonyl (C=O) groups is 1. The maximum absolute atomic E-state index is 11.9. The number of amides is 2. The molecule has 2 rings (SSSR count). The molecule has 2 amide bonds. The maximum atomic E-state index is 11.9. The smallest absolute Gasteiger partial charge is 0.319 e. The average molecular weight is 286 g/mol. The van der Waals surface area contributed by atoms with Crippen LogP contribution < -0.4 is 10.6 Å². The van der Waals surface area contributed by atoms with Gasteiger partial charge in [-0.15, -0.1) is 0 Å². The van der Waals surface area contributed by atoms with Crippen molar-refractivity contribution in [3.63, 3.8) is 0 Å². The molecular formula is C16H22N4O. The topological polar surface area (TPSA) is 59.0 Å². The fourth-order valence-electron chi connectivity index (χ4n) is 2.24. The number of aryl methyl sites for hydroxylation is 3. The van der Waals surface area contributed by atoms with E-state index in [4.69, 9.17) is 0 Å². The largest absolute Gasteiger partial charge is 0.334 e. The van der Waals surface area contributed by atoms with Gasteiger partial charge in [-0.3, -0.25) is 4.68 Å². The number of carbonyl (C=O) groups excluding carboxylic acids is 1. The summed E-state index contributed by atoms with van der Waals surface area (Å²) in [6, 6.07) is 7.66. The highest BCUT2D eigenvalue weighted by molar-refractivity contribution is 5.89. The van der Waals surface area contributed by atoms with E-state index >= 15 is 0 Å². The van der Waals surface area contributed by atoms with Crippen molar-refractivity contribution in [3.8, 4) is 0 Å². The monoisotopic (exact) mass is 286 g/mol. The summed E-state index contributed by atoms with van der Waals surface area (Å²) in [5.74, 6) is 0. The molecule has 0 bridgehead atoms. The Kier molecular flexibility index (Phi) is 4.62. The van der Waals surface area contributed by atoms with Crippen molar-refractivity contribution < 1.29 is 4.79 Å². The standard InChI is InChI=1S/C16H22N4O/c1-5-13-6-8-14(9-7-13)18-16(21)17-10-15-11(2)19-20(4)12(15)3/h6-9H,5,10H2,1-4H3,(H2,17,18,21). The number of aromatic nitrogens is 2. The molecular weight excluding hydrogens is 264 g/mol. The average Bonchev–Trinajstić information content (AvgIpc) is 2.71. The quantitative estimate of drug-likeness (QED) is 0.908. The van der Waals surface area contributed by atoms with Crippen LogP contribution in [0.5, 0.6) is 0 Å². The number of urea groups is 1.